The topological polar surface area (TPSA) is 49.3 Å². The number of aliphatic hydroxyl groups excluding tert-OH is 1. The Hall–Kier alpha value is -0.840. The molecule has 0 saturated carbocycles. The Morgan fingerprint density at radius 3 is 2.70 bits per heavy atom. The maximum atomic E-state index is 12.3. The fraction of sp³-hybridized carbons (Fsp3) is 0.625. The maximum Gasteiger partial charge on any atom is 0.164 e. The van der Waals surface area contributed by atoms with Crippen LogP contribution in [0.1, 0.15) is 47.0 Å². The summed E-state index contributed by atoms with van der Waals surface area (Å²) >= 11 is 5.31. The summed E-state index contributed by atoms with van der Waals surface area (Å²) in [7, 11) is 0. The summed E-state index contributed by atoms with van der Waals surface area (Å²) in [5, 5.41) is 12.3. The molecule has 2 N–H and O–H groups in total. The van der Waals surface area contributed by atoms with E-state index in [0.29, 0.717) is 19.4 Å². The molecule has 0 aliphatic heterocycles. The standard InChI is InChI=1S/C16H25NO2S/c1-11-9-13(12(2)15(20)10-11)14(19)5-7-17-16(3,4)6-8-18/h9,17-18H,5-8,10H2,1-4H3. The highest BCUT2D eigenvalue weighted by Gasteiger charge is 2.20. The van der Waals surface area contributed by atoms with E-state index < -0.39 is 0 Å². The number of hydrogen-bond acceptors (Lipinski definition) is 4. The molecule has 112 valence electrons. The molecule has 0 heterocycles. The van der Waals surface area contributed by atoms with Crippen molar-refractivity contribution in [3.63, 3.8) is 0 Å². The fourth-order valence-corrected chi connectivity index (χ4v) is 2.59. The number of rotatable bonds is 7. The van der Waals surface area contributed by atoms with Crippen LogP contribution in [0.3, 0.4) is 0 Å². The minimum absolute atomic E-state index is 0.135. The smallest absolute Gasteiger partial charge is 0.164 e. The first kappa shape index (κ1) is 17.2. The third kappa shape index (κ3) is 4.93. The fourth-order valence-electron chi connectivity index (χ4n) is 2.25. The lowest BCUT2D eigenvalue weighted by atomic mass is 9.90. The van der Waals surface area contributed by atoms with Gasteiger partial charge in [-0.1, -0.05) is 23.9 Å². The van der Waals surface area contributed by atoms with Gasteiger partial charge in [0.25, 0.3) is 0 Å². The lowest BCUT2D eigenvalue weighted by Crippen LogP contribution is -2.41. The molecule has 0 saturated heterocycles. The minimum Gasteiger partial charge on any atom is -0.396 e. The summed E-state index contributed by atoms with van der Waals surface area (Å²) in [6.07, 6.45) is 3.88. The number of thiocarbonyl (C=S) groups is 1. The summed E-state index contributed by atoms with van der Waals surface area (Å²) in [5.41, 5.74) is 2.72. The van der Waals surface area contributed by atoms with Gasteiger partial charge < -0.3 is 10.4 Å². The molecule has 0 bridgehead atoms. The van der Waals surface area contributed by atoms with Crippen LogP contribution < -0.4 is 5.32 Å². The van der Waals surface area contributed by atoms with Crippen LogP contribution in [0.5, 0.6) is 0 Å². The average Bonchev–Trinajstić information content (AvgIpc) is 2.33. The quantitative estimate of drug-likeness (QED) is 0.709. The van der Waals surface area contributed by atoms with Crippen molar-refractivity contribution in [2.75, 3.05) is 13.2 Å². The van der Waals surface area contributed by atoms with E-state index in [0.717, 1.165) is 28.0 Å². The van der Waals surface area contributed by atoms with Gasteiger partial charge in [-0.15, -0.1) is 0 Å². The molecule has 1 aliphatic carbocycles. The van der Waals surface area contributed by atoms with Gasteiger partial charge >= 0.3 is 0 Å². The summed E-state index contributed by atoms with van der Waals surface area (Å²) in [6, 6.07) is 0. The van der Waals surface area contributed by atoms with E-state index in [2.05, 4.69) is 5.32 Å². The maximum absolute atomic E-state index is 12.3. The second-order valence-electron chi connectivity index (χ2n) is 6.09. The first-order valence-corrected chi connectivity index (χ1v) is 7.48. The van der Waals surface area contributed by atoms with Gasteiger partial charge in [0.1, 0.15) is 0 Å². The van der Waals surface area contributed by atoms with E-state index in [1.165, 1.54) is 0 Å². The molecule has 20 heavy (non-hydrogen) atoms. The van der Waals surface area contributed by atoms with Crippen LogP contribution >= 0.6 is 12.2 Å². The highest BCUT2D eigenvalue weighted by atomic mass is 32.1. The van der Waals surface area contributed by atoms with E-state index in [9.17, 15) is 4.79 Å². The van der Waals surface area contributed by atoms with Crippen molar-refractivity contribution in [1.82, 2.24) is 5.32 Å². The third-order valence-corrected chi connectivity index (χ3v) is 4.10. The Kier molecular flexibility index (Phi) is 6.24. The summed E-state index contributed by atoms with van der Waals surface area (Å²) < 4.78 is 0. The van der Waals surface area contributed by atoms with Gasteiger partial charge in [0.15, 0.2) is 5.78 Å². The van der Waals surface area contributed by atoms with E-state index in [4.69, 9.17) is 17.3 Å². The van der Waals surface area contributed by atoms with Gasteiger partial charge in [0, 0.05) is 42.0 Å². The van der Waals surface area contributed by atoms with Crippen molar-refractivity contribution in [2.24, 2.45) is 0 Å². The lowest BCUT2D eigenvalue weighted by Gasteiger charge is -2.25. The molecule has 0 amide bonds. The van der Waals surface area contributed by atoms with Crippen LogP contribution in [-0.2, 0) is 4.79 Å². The molecule has 1 aliphatic rings. The van der Waals surface area contributed by atoms with Crippen LogP contribution in [0.2, 0.25) is 0 Å². The number of allylic oxidation sites excluding steroid dienone is 4. The van der Waals surface area contributed by atoms with Crippen LogP contribution in [0.15, 0.2) is 22.8 Å². The zero-order valence-corrected chi connectivity index (χ0v) is 13.7. The normalized spacial score (nSPS) is 16.4. The van der Waals surface area contributed by atoms with Crippen LogP contribution in [-0.4, -0.2) is 34.4 Å². The molecule has 0 atom stereocenters. The highest BCUT2D eigenvalue weighted by Crippen LogP contribution is 2.23. The number of carbonyl (C=O) groups is 1. The number of carbonyl (C=O) groups excluding carboxylic acids is 1. The molecule has 0 spiro atoms. The first-order chi connectivity index (χ1) is 9.26. The predicted molar refractivity (Wildman–Crippen MR) is 87.1 cm³/mol. The van der Waals surface area contributed by atoms with Gasteiger partial charge in [-0.2, -0.15) is 0 Å². The van der Waals surface area contributed by atoms with E-state index in [1.807, 2.05) is 33.8 Å². The molecule has 1 rings (SSSR count). The van der Waals surface area contributed by atoms with Crippen LogP contribution in [0.4, 0.5) is 0 Å². The number of hydrogen-bond donors (Lipinski definition) is 2. The second-order valence-corrected chi connectivity index (χ2v) is 6.58. The summed E-state index contributed by atoms with van der Waals surface area (Å²) in [4.78, 5) is 13.2. The number of nitrogens with one attached hydrogen (secondary N) is 1. The molecule has 0 radical (unpaired) electrons. The van der Waals surface area contributed by atoms with Gasteiger partial charge in [0.05, 0.1) is 0 Å². The molecule has 0 fully saturated rings. The highest BCUT2D eigenvalue weighted by molar-refractivity contribution is 7.80. The Morgan fingerprint density at radius 2 is 2.10 bits per heavy atom. The Labute approximate surface area is 127 Å². The molecule has 4 heteroatoms. The lowest BCUT2D eigenvalue weighted by molar-refractivity contribution is -0.115. The Balaban J connectivity index is 2.60. The second kappa shape index (κ2) is 7.25. The molecule has 3 nitrogen and oxygen atoms in total. The molecule has 0 unspecified atom stereocenters. The van der Waals surface area contributed by atoms with Gasteiger partial charge in [0.2, 0.25) is 0 Å². The van der Waals surface area contributed by atoms with Crippen molar-refractivity contribution in [3.8, 4) is 0 Å². The van der Waals surface area contributed by atoms with E-state index in [1.54, 1.807) is 0 Å². The Morgan fingerprint density at radius 1 is 1.45 bits per heavy atom. The van der Waals surface area contributed by atoms with Crippen LogP contribution in [0.25, 0.3) is 0 Å². The number of Topliss-reactive ketones (excluding diaryl/α,β-unsaturated/α-hetero) is 1. The molecule has 0 aromatic heterocycles. The molecular weight excluding hydrogens is 270 g/mol. The largest absolute Gasteiger partial charge is 0.396 e. The average molecular weight is 295 g/mol. The predicted octanol–water partition coefficient (Wildman–Crippen LogP) is 2.73. The van der Waals surface area contributed by atoms with Crippen LogP contribution in [0, 0.1) is 0 Å². The van der Waals surface area contributed by atoms with Gasteiger partial charge in [-0.05, 0) is 39.7 Å². The molecule has 0 aromatic carbocycles. The van der Waals surface area contributed by atoms with Crippen molar-refractivity contribution in [2.45, 2.75) is 52.5 Å². The number of ketones is 1. The van der Waals surface area contributed by atoms with Crippen molar-refractivity contribution in [1.29, 1.82) is 0 Å². The first-order valence-electron chi connectivity index (χ1n) is 7.07. The monoisotopic (exact) mass is 295 g/mol. The number of aliphatic hydroxyl groups is 1. The van der Waals surface area contributed by atoms with Crippen molar-refractivity contribution in [3.05, 3.63) is 22.8 Å². The third-order valence-electron chi connectivity index (χ3n) is 3.65. The van der Waals surface area contributed by atoms with Gasteiger partial charge in [-0.3, -0.25) is 4.79 Å². The molecule has 0 aromatic rings. The molecular formula is C16H25NO2S. The summed E-state index contributed by atoms with van der Waals surface area (Å²) in [5.74, 6) is 0.135. The van der Waals surface area contributed by atoms with Crippen molar-refractivity contribution < 1.29 is 9.90 Å². The zero-order chi connectivity index (χ0) is 15.3. The minimum atomic E-state index is -0.147. The SMILES string of the molecule is CC1=CC(C(=O)CCNC(C)(C)CCO)=C(C)C(=S)C1. The van der Waals surface area contributed by atoms with E-state index >= 15 is 0 Å². The van der Waals surface area contributed by atoms with E-state index in [-0.39, 0.29) is 17.9 Å². The van der Waals surface area contributed by atoms with Gasteiger partial charge in [-0.25, -0.2) is 0 Å². The Bertz CT molecular complexity index is 461. The van der Waals surface area contributed by atoms with Crippen molar-refractivity contribution >= 4 is 22.9 Å². The zero-order valence-electron chi connectivity index (χ0n) is 12.9. The summed E-state index contributed by atoms with van der Waals surface area (Å²) in [6.45, 7) is 8.75.